The van der Waals surface area contributed by atoms with Crippen molar-refractivity contribution in [3.8, 4) is 5.75 Å². The van der Waals surface area contributed by atoms with E-state index in [2.05, 4.69) is 5.32 Å². The third kappa shape index (κ3) is 1.88. The van der Waals surface area contributed by atoms with Crippen molar-refractivity contribution < 1.29 is 14.6 Å². The summed E-state index contributed by atoms with van der Waals surface area (Å²) in [4.78, 5) is 11.6. The zero-order valence-corrected chi connectivity index (χ0v) is 9.14. The number of carbonyl (C=O) groups excluding carboxylic acids is 1. The molecular formula is C12H15NO3. The Morgan fingerprint density at radius 2 is 2.19 bits per heavy atom. The molecule has 2 atom stereocenters. The smallest absolute Gasteiger partial charge is 0.310 e. The molecule has 1 heterocycles. The fourth-order valence-corrected chi connectivity index (χ4v) is 2.21. The summed E-state index contributed by atoms with van der Waals surface area (Å²) in [6.45, 7) is 1.29. The maximum Gasteiger partial charge on any atom is 0.310 e. The molecule has 2 unspecified atom stereocenters. The first-order valence-electron chi connectivity index (χ1n) is 5.30. The third-order valence-electron chi connectivity index (χ3n) is 3.05. The lowest BCUT2D eigenvalue weighted by atomic mass is 9.88. The van der Waals surface area contributed by atoms with E-state index in [1.807, 2.05) is 12.1 Å². The first-order chi connectivity index (χ1) is 7.74. The molecule has 1 aromatic carbocycles. The van der Waals surface area contributed by atoms with Crippen molar-refractivity contribution in [2.45, 2.75) is 5.92 Å². The quantitative estimate of drug-likeness (QED) is 0.727. The van der Waals surface area contributed by atoms with Crippen LogP contribution in [0.5, 0.6) is 5.75 Å². The average molecular weight is 221 g/mol. The lowest BCUT2D eigenvalue weighted by Crippen LogP contribution is -2.22. The standard InChI is InChI=1S/C12H15NO3/c1-16-12(15)10-7-13-6-9(10)8-4-2-3-5-11(8)14/h2-5,9-10,13-14H,6-7H2,1H3. The van der Waals surface area contributed by atoms with Crippen LogP contribution >= 0.6 is 0 Å². The topological polar surface area (TPSA) is 58.6 Å². The predicted octanol–water partition coefficient (Wildman–Crippen LogP) is 0.868. The number of rotatable bonds is 2. The maximum absolute atomic E-state index is 11.6. The number of esters is 1. The number of methoxy groups -OCH3 is 1. The van der Waals surface area contributed by atoms with Gasteiger partial charge in [-0.1, -0.05) is 18.2 Å². The molecule has 0 aromatic heterocycles. The number of phenolic OH excluding ortho intramolecular Hbond substituents is 1. The molecule has 86 valence electrons. The fraction of sp³-hybridized carbons (Fsp3) is 0.417. The Labute approximate surface area is 94.2 Å². The summed E-state index contributed by atoms with van der Waals surface area (Å²) in [6, 6.07) is 7.13. The minimum Gasteiger partial charge on any atom is -0.508 e. The molecule has 16 heavy (non-hydrogen) atoms. The largest absolute Gasteiger partial charge is 0.508 e. The predicted molar refractivity (Wildman–Crippen MR) is 59.2 cm³/mol. The van der Waals surface area contributed by atoms with E-state index in [9.17, 15) is 9.90 Å². The van der Waals surface area contributed by atoms with E-state index in [0.29, 0.717) is 13.1 Å². The third-order valence-corrected chi connectivity index (χ3v) is 3.05. The lowest BCUT2D eigenvalue weighted by molar-refractivity contribution is -0.145. The van der Waals surface area contributed by atoms with Gasteiger partial charge in [-0.3, -0.25) is 4.79 Å². The summed E-state index contributed by atoms with van der Waals surface area (Å²) in [5.74, 6) is -0.199. The van der Waals surface area contributed by atoms with Crippen molar-refractivity contribution in [2.75, 3.05) is 20.2 Å². The van der Waals surface area contributed by atoms with Gasteiger partial charge in [-0.15, -0.1) is 0 Å². The van der Waals surface area contributed by atoms with Gasteiger partial charge in [0.2, 0.25) is 0 Å². The molecule has 1 saturated heterocycles. The Morgan fingerprint density at radius 3 is 2.88 bits per heavy atom. The van der Waals surface area contributed by atoms with Gasteiger partial charge in [0.05, 0.1) is 13.0 Å². The van der Waals surface area contributed by atoms with Crippen LogP contribution in [0.4, 0.5) is 0 Å². The Hall–Kier alpha value is -1.55. The second kappa shape index (κ2) is 4.53. The van der Waals surface area contributed by atoms with E-state index in [1.165, 1.54) is 7.11 Å². The highest BCUT2D eigenvalue weighted by atomic mass is 16.5. The maximum atomic E-state index is 11.6. The number of para-hydroxylation sites is 1. The summed E-state index contributed by atoms with van der Waals surface area (Å²) in [5.41, 5.74) is 0.808. The summed E-state index contributed by atoms with van der Waals surface area (Å²) in [7, 11) is 1.39. The molecule has 1 aliphatic heterocycles. The first kappa shape index (κ1) is 11.0. The molecular weight excluding hydrogens is 206 g/mol. The number of ether oxygens (including phenoxy) is 1. The number of nitrogens with one attached hydrogen (secondary N) is 1. The second-order valence-corrected chi connectivity index (χ2v) is 3.95. The Bertz CT molecular complexity index is 392. The number of benzene rings is 1. The van der Waals surface area contributed by atoms with Crippen LogP contribution in [0.2, 0.25) is 0 Å². The first-order valence-corrected chi connectivity index (χ1v) is 5.30. The van der Waals surface area contributed by atoms with Crippen LogP contribution in [-0.2, 0) is 9.53 Å². The van der Waals surface area contributed by atoms with Crippen LogP contribution in [0.3, 0.4) is 0 Å². The second-order valence-electron chi connectivity index (χ2n) is 3.95. The molecule has 0 bridgehead atoms. The fourth-order valence-electron chi connectivity index (χ4n) is 2.21. The van der Waals surface area contributed by atoms with E-state index < -0.39 is 0 Å². The summed E-state index contributed by atoms with van der Waals surface area (Å²) < 4.78 is 4.77. The number of hydrogen-bond donors (Lipinski definition) is 2. The van der Waals surface area contributed by atoms with Crippen molar-refractivity contribution >= 4 is 5.97 Å². The molecule has 2 N–H and O–H groups in total. The van der Waals surface area contributed by atoms with Crippen LogP contribution in [0.15, 0.2) is 24.3 Å². The van der Waals surface area contributed by atoms with Gasteiger partial charge in [-0.25, -0.2) is 0 Å². The molecule has 0 saturated carbocycles. The van der Waals surface area contributed by atoms with E-state index in [0.717, 1.165) is 5.56 Å². The molecule has 0 aliphatic carbocycles. The average Bonchev–Trinajstić information content (AvgIpc) is 2.77. The van der Waals surface area contributed by atoms with Crippen LogP contribution in [0.25, 0.3) is 0 Å². The highest BCUT2D eigenvalue weighted by Gasteiger charge is 2.35. The van der Waals surface area contributed by atoms with Gasteiger partial charge in [0, 0.05) is 19.0 Å². The van der Waals surface area contributed by atoms with Crippen molar-refractivity contribution in [3.05, 3.63) is 29.8 Å². The number of hydrogen-bond acceptors (Lipinski definition) is 4. The molecule has 2 rings (SSSR count). The highest BCUT2D eigenvalue weighted by Crippen LogP contribution is 2.33. The summed E-state index contributed by atoms with van der Waals surface area (Å²) in [6.07, 6.45) is 0. The van der Waals surface area contributed by atoms with E-state index >= 15 is 0 Å². The minimum atomic E-state index is -0.224. The van der Waals surface area contributed by atoms with Gasteiger partial charge in [-0.2, -0.15) is 0 Å². The molecule has 4 nitrogen and oxygen atoms in total. The molecule has 1 fully saturated rings. The molecule has 0 radical (unpaired) electrons. The molecule has 4 heteroatoms. The van der Waals surface area contributed by atoms with Crippen molar-refractivity contribution in [1.82, 2.24) is 5.32 Å². The number of aromatic hydroxyl groups is 1. The molecule has 1 aromatic rings. The Morgan fingerprint density at radius 1 is 1.44 bits per heavy atom. The Balaban J connectivity index is 2.27. The molecule has 1 aliphatic rings. The normalized spacial score (nSPS) is 24.3. The monoisotopic (exact) mass is 221 g/mol. The van der Waals surface area contributed by atoms with Gasteiger partial charge < -0.3 is 15.2 Å². The van der Waals surface area contributed by atoms with E-state index in [1.54, 1.807) is 12.1 Å². The van der Waals surface area contributed by atoms with Crippen molar-refractivity contribution in [2.24, 2.45) is 5.92 Å². The van der Waals surface area contributed by atoms with Gasteiger partial charge >= 0.3 is 5.97 Å². The van der Waals surface area contributed by atoms with Crippen LogP contribution in [0.1, 0.15) is 11.5 Å². The minimum absolute atomic E-state index is 0.00588. The summed E-state index contributed by atoms with van der Waals surface area (Å²) in [5, 5.41) is 12.9. The van der Waals surface area contributed by atoms with Gasteiger partial charge in [0.25, 0.3) is 0 Å². The number of carbonyl (C=O) groups is 1. The van der Waals surface area contributed by atoms with Crippen LogP contribution < -0.4 is 5.32 Å². The SMILES string of the molecule is COC(=O)C1CNCC1c1ccccc1O. The van der Waals surface area contributed by atoms with Crippen molar-refractivity contribution in [3.63, 3.8) is 0 Å². The van der Waals surface area contributed by atoms with Gasteiger partial charge in [0.15, 0.2) is 0 Å². The van der Waals surface area contributed by atoms with Crippen LogP contribution in [0, 0.1) is 5.92 Å². The summed E-state index contributed by atoms with van der Waals surface area (Å²) >= 11 is 0. The van der Waals surface area contributed by atoms with Gasteiger partial charge in [-0.05, 0) is 11.6 Å². The lowest BCUT2D eigenvalue weighted by Gasteiger charge is -2.17. The van der Waals surface area contributed by atoms with Gasteiger partial charge in [0.1, 0.15) is 5.75 Å². The number of phenols is 1. The zero-order chi connectivity index (χ0) is 11.5. The van der Waals surface area contributed by atoms with Crippen molar-refractivity contribution in [1.29, 1.82) is 0 Å². The highest BCUT2D eigenvalue weighted by molar-refractivity contribution is 5.74. The van der Waals surface area contributed by atoms with Crippen LogP contribution in [-0.4, -0.2) is 31.3 Å². The van der Waals surface area contributed by atoms with E-state index in [4.69, 9.17) is 4.74 Å². The molecule has 0 spiro atoms. The van der Waals surface area contributed by atoms with E-state index in [-0.39, 0.29) is 23.6 Å². The zero-order valence-electron chi connectivity index (χ0n) is 9.14. The molecule has 0 amide bonds. The Kier molecular flexibility index (Phi) is 3.10.